The van der Waals surface area contributed by atoms with Crippen molar-refractivity contribution in [3.63, 3.8) is 0 Å². The summed E-state index contributed by atoms with van der Waals surface area (Å²) in [5, 5.41) is 3.43. The summed E-state index contributed by atoms with van der Waals surface area (Å²) in [5.74, 6) is -0.205. The normalized spacial score (nSPS) is 12.3. The standard InChI is InChI=1S/C15H21BrFN/c1-15(2,3)18-10-6-4-5-7-12-8-9-13(17)11-14(12)16/h4-5,8-9,11,18H,6-7,10H2,1-3H3. The zero-order valence-corrected chi connectivity index (χ0v) is 12.8. The molecule has 0 unspecified atom stereocenters. The lowest BCUT2D eigenvalue weighted by Crippen LogP contribution is -2.36. The van der Waals surface area contributed by atoms with E-state index in [1.165, 1.54) is 12.1 Å². The van der Waals surface area contributed by atoms with Crippen LogP contribution in [0.3, 0.4) is 0 Å². The maximum atomic E-state index is 12.9. The summed E-state index contributed by atoms with van der Waals surface area (Å²) in [5.41, 5.74) is 1.28. The molecule has 0 fully saturated rings. The Balaban J connectivity index is 2.32. The molecule has 0 aliphatic rings. The average molecular weight is 314 g/mol. The molecule has 0 saturated carbocycles. The molecule has 0 aliphatic heterocycles. The van der Waals surface area contributed by atoms with Gasteiger partial charge in [0.05, 0.1) is 0 Å². The van der Waals surface area contributed by atoms with E-state index in [0.29, 0.717) is 0 Å². The molecule has 1 N–H and O–H groups in total. The van der Waals surface area contributed by atoms with Crippen LogP contribution in [0.4, 0.5) is 4.39 Å². The number of nitrogens with one attached hydrogen (secondary N) is 1. The van der Waals surface area contributed by atoms with E-state index in [1.54, 1.807) is 0 Å². The van der Waals surface area contributed by atoms with Gasteiger partial charge < -0.3 is 5.32 Å². The van der Waals surface area contributed by atoms with Crippen molar-refractivity contribution in [3.8, 4) is 0 Å². The maximum Gasteiger partial charge on any atom is 0.124 e. The van der Waals surface area contributed by atoms with Gasteiger partial charge in [-0.15, -0.1) is 0 Å². The Morgan fingerprint density at radius 2 is 2.00 bits per heavy atom. The highest BCUT2D eigenvalue weighted by atomic mass is 79.9. The van der Waals surface area contributed by atoms with Crippen molar-refractivity contribution in [3.05, 3.63) is 46.2 Å². The summed E-state index contributed by atoms with van der Waals surface area (Å²) < 4.78 is 13.7. The summed E-state index contributed by atoms with van der Waals surface area (Å²) in [4.78, 5) is 0. The van der Waals surface area contributed by atoms with Gasteiger partial charge in [-0.25, -0.2) is 4.39 Å². The molecule has 1 nitrogen and oxygen atoms in total. The maximum absolute atomic E-state index is 12.9. The van der Waals surface area contributed by atoms with Gasteiger partial charge in [0.25, 0.3) is 0 Å². The molecule has 0 heterocycles. The van der Waals surface area contributed by atoms with Gasteiger partial charge in [-0.3, -0.25) is 0 Å². The number of benzene rings is 1. The molecule has 1 aromatic carbocycles. The summed E-state index contributed by atoms with van der Waals surface area (Å²) in [7, 11) is 0. The van der Waals surface area contributed by atoms with Crippen molar-refractivity contribution in [1.29, 1.82) is 0 Å². The van der Waals surface area contributed by atoms with E-state index in [1.807, 2.05) is 6.07 Å². The van der Waals surface area contributed by atoms with Crippen LogP contribution in [0.15, 0.2) is 34.8 Å². The van der Waals surface area contributed by atoms with Crippen LogP contribution < -0.4 is 5.32 Å². The molecule has 1 rings (SSSR count). The first-order valence-corrected chi connectivity index (χ1v) is 7.02. The predicted molar refractivity (Wildman–Crippen MR) is 79.3 cm³/mol. The first-order valence-electron chi connectivity index (χ1n) is 6.22. The van der Waals surface area contributed by atoms with Crippen LogP contribution in [0.25, 0.3) is 0 Å². The summed E-state index contributed by atoms with van der Waals surface area (Å²) in [6.45, 7) is 7.45. The van der Waals surface area contributed by atoms with Crippen LogP contribution in [-0.2, 0) is 6.42 Å². The average Bonchev–Trinajstić information content (AvgIpc) is 2.24. The fourth-order valence-electron chi connectivity index (χ4n) is 1.55. The van der Waals surface area contributed by atoms with Gasteiger partial charge in [-0.05, 0) is 57.9 Å². The smallest absolute Gasteiger partial charge is 0.124 e. The Hall–Kier alpha value is -0.670. The van der Waals surface area contributed by atoms with Gasteiger partial charge in [-0.1, -0.05) is 34.1 Å². The van der Waals surface area contributed by atoms with Gasteiger partial charge in [-0.2, -0.15) is 0 Å². The minimum Gasteiger partial charge on any atom is -0.312 e. The van der Waals surface area contributed by atoms with Crippen LogP contribution in [0.2, 0.25) is 0 Å². The second-order valence-corrected chi connectivity index (χ2v) is 6.23. The largest absolute Gasteiger partial charge is 0.312 e. The van der Waals surface area contributed by atoms with Crippen molar-refractivity contribution in [2.24, 2.45) is 0 Å². The second kappa shape index (κ2) is 7.05. The summed E-state index contributed by atoms with van der Waals surface area (Å²) >= 11 is 3.37. The van der Waals surface area contributed by atoms with Crippen LogP contribution in [0.5, 0.6) is 0 Å². The Morgan fingerprint density at radius 3 is 2.61 bits per heavy atom. The molecule has 1 aromatic rings. The lowest BCUT2D eigenvalue weighted by atomic mass is 10.1. The minimum atomic E-state index is -0.205. The molecular weight excluding hydrogens is 293 g/mol. The van der Waals surface area contributed by atoms with Crippen LogP contribution in [-0.4, -0.2) is 12.1 Å². The number of rotatable bonds is 5. The minimum absolute atomic E-state index is 0.174. The topological polar surface area (TPSA) is 12.0 Å². The molecular formula is C15H21BrFN. The van der Waals surface area contributed by atoms with E-state index in [-0.39, 0.29) is 11.4 Å². The molecule has 0 amide bonds. The number of hydrogen-bond donors (Lipinski definition) is 1. The van der Waals surface area contributed by atoms with Crippen LogP contribution >= 0.6 is 15.9 Å². The third-order valence-corrected chi connectivity index (χ3v) is 3.22. The fourth-order valence-corrected chi connectivity index (χ4v) is 2.06. The molecule has 0 aromatic heterocycles. The highest BCUT2D eigenvalue weighted by Gasteiger charge is 2.06. The molecule has 18 heavy (non-hydrogen) atoms. The van der Waals surface area contributed by atoms with Crippen LogP contribution in [0, 0.1) is 5.82 Å². The number of allylic oxidation sites excluding steroid dienone is 1. The van der Waals surface area contributed by atoms with E-state index in [4.69, 9.17) is 0 Å². The van der Waals surface area contributed by atoms with Gasteiger partial charge in [0.15, 0.2) is 0 Å². The molecule has 0 radical (unpaired) electrons. The second-order valence-electron chi connectivity index (χ2n) is 5.38. The molecule has 0 aliphatic carbocycles. The fraction of sp³-hybridized carbons (Fsp3) is 0.467. The Morgan fingerprint density at radius 1 is 1.28 bits per heavy atom. The highest BCUT2D eigenvalue weighted by molar-refractivity contribution is 9.10. The molecule has 0 atom stereocenters. The van der Waals surface area contributed by atoms with E-state index < -0.39 is 0 Å². The van der Waals surface area contributed by atoms with Gasteiger partial charge in [0.2, 0.25) is 0 Å². The number of halogens is 2. The zero-order valence-electron chi connectivity index (χ0n) is 11.3. The van der Waals surface area contributed by atoms with Crippen molar-refractivity contribution in [2.75, 3.05) is 6.54 Å². The van der Waals surface area contributed by atoms with Crippen molar-refractivity contribution in [2.45, 2.75) is 39.2 Å². The van der Waals surface area contributed by atoms with E-state index >= 15 is 0 Å². The van der Waals surface area contributed by atoms with Crippen LogP contribution in [0.1, 0.15) is 32.8 Å². The van der Waals surface area contributed by atoms with Crippen molar-refractivity contribution in [1.82, 2.24) is 5.32 Å². The molecule has 0 bridgehead atoms. The molecule has 100 valence electrons. The summed E-state index contributed by atoms with van der Waals surface area (Å²) in [6, 6.07) is 4.82. The lowest BCUT2D eigenvalue weighted by molar-refractivity contribution is 0.431. The Kier molecular flexibility index (Phi) is 6.03. The first kappa shape index (κ1) is 15.4. The first-order chi connectivity index (χ1) is 8.38. The SMILES string of the molecule is CC(C)(C)NCCC=CCc1ccc(F)cc1Br. The highest BCUT2D eigenvalue weighted by Crippen LogP contribution is 2.18. The third-order valence-electron chi connectivity index (χ3n) is 2.49. The summed E-state index contributed by atoms with van der Waals surface area (Å²) in [6.07, 6.45) is 6.13. The molecule has 0 spiro atoms. The molecule has 3 heteroatoms. The number of hydrogen-bond acceptors (Lipinski definition) is 1. The van der Waals surface area contributed by atoms with E-state index in [9.17, 15) is 4.39 Å². The van der Waals surface area contributed by atoms with Gasteiger partial charge in [0.1, 0.15) is 5.82 Å². The van der Waals surface area contributed by atoms with E-state index in [2.05, 4.69) is 54.2 Å². The van der Waals surface area contributed by atoms with Crippen molar-refractivity contribution >= 4 is 15.9 Å². The zero-order chi connectivity index (χ0) is 13.6. The predicted octanol–water partition coefficient (Wildman–Crippen LogP) is 4.47. The van der Waals surface area contributed by atoms with Gasteiger partial charge >= 0.3 is 0 Å². The lowest BCUT2D eigenvalue weighted by Gasteiger charge is -2.19. The van der Waals surface area contributed by atoms with Gasteiger partial charge in [0, 0.05) is 10.0 Å². The quantitative estimate of drug-likeness (QED) is 0.625. The Labute approximate surface area is 118 Å². The Bertz CT molecular complexity index is 407. The molecule has 0 saturated heterocycles. The van der Waals surface area contributed by atoms with E-state index in [0.717, 1.165) is 29.4 Å². The monoisotopic (exact) mass is 313 g/mol. The third kappa shape index (κ3) is 6.31. The van der Waals surface area contributed by atoms with Crippen molar-refractivity contribution < 1.29 is 4.39 Å².